The highest BCUT2D eigenvalue weighted by molar-refractivity contribution is 5.94. The van der Waals surface area contributed by atoms with E-state index in [1.54, 1.807) is 0 Å². The summed E-state index contributed by atoms with van der Waals surface area (Å²) in [7, 11) is 0. The maximum absolute atomic E-state index is 12.7. The third-order valence-electron chi connectivity index (χ3n) is 4.26. The van der Waals surface area contributed by atoms with Gasteiger partial charge in [-0.2, -0.15) is 0 Å². The van der Waals surface area contributed by atoms with E-state index in [1.807, 2.05) is 47.5 Å². The summed E-state index contributed by atoms with van der Waals surface area (Å²) in [5, 5.41) is 3.28. The molecule has 4 heteroatoms. The molecule has 0 bridgehead atoms. The highest BCUT2D eigenvalue weighted by atomic mass is 16.2. The maximum atomic E-state index is 12.7. The SMILES string of the molecule is CCCNc1ccc([C@@H]2CCCN2C(=O)c2ccccc2)cn1. The van der Waals surface area contributed by atoms with Crippen molar-refractivity contribution < 1.29 is 4.79 Å². The van der Waals surface area contributed by atoms with Crippen LogP contribution in [-0.4, -0.2) is 28.9 Å². The van der Waals surface area contributed by atoms with E-state index in [2.05, 4.69) is 23.3 Å². The van der Waals surface area contributed by atoms with Gasteiger partial charge in [-0.1, -0.05) is 31.2 Å². The minimum Gasteiger partial charge on any atom is -0.370 e. The predicted octanol–water partition coefficient (Wildman–Crippen LogP) is 3.88. The van der Waals surface area contributed by atoms with Crippen LogP contribution in [0.1, 0.15) is 48.1 Å². The lowest BCUT2D eigenvalue weighted by Crippen LogP contribution is -2.30. The van der Waals surface area contributed by atoms with E-state index in [0.717, 1.165) is 49.3 Å². The fourth-order valence-corrected chi connectivity index (χ4v) is 3.06. The molecule has 1 saturated heterocycles. The molecular weight excluding hydrogens is 286 g/mol. The molecule has 2 heterocycles. The van der Waals surface area contributed by atoms with E-state index in [9.17, 15) is 4.79 Å². The Morgan fingerprint density at radius 3 is 2.78 bits per heavy atom. The van der Waals surface area contributed by atoms with Crippen molar-refractivity contribution in [1.82, 2.24) is 9.88 Å². The summed E-state index contributed by atoms with van der Waals surface area (Å²) in [6.45, 7) is 3.87. The molecule has 4 nitrogen and oxygen atoms in total. The standard InChI is InChI=1S/C19H23N3O/c1-2-12-20-18-11-10-16(14-21-18)17-9-6-13-22(17)19(23)15-7-4-3-5-8-15/h3-5,7-8,10-11,14,17H,2,6,9,12-13H2,1H3,(H,20,21)/t17-/m0/s1. The number of likely N-dealkylation sites (tertiary alicyclic amines) is 1. The number of carbonyl (C=O) groups excluding carboxylic acids is 1. The molecule has 0 spiro atoms. The van der Waals surface area contributed by atoms with Gasteiger partial charge in [-0.15, -0.1) is 0 Å². The van der Waals surface area contributed by atoms with E-state index in [-0.39, 0.29) is 11.9 Å². The molecule has 1 aromatic heterocycles. The predicted molar refractivity (Wildman–Crippen MR) is 92.5 cm³/mol. The summed E-state index contributed by atoms with van der Waals surface area (Å²) in [4.78, 5) is 19.2. The van der Waals surface area contributed by atoms with E-state index < -0.39 is 0 Å². The number of hydrogen-bond donors (Lipinski definition) is 1. The molecule has 3 rings (SSSR count). The van der Waals surface area contributed by atoms with Gasteiger partial charge in [-0.05, 0) is 43.0 Å². The Hall–Kier alpha value is -2.36. The van der Waals surface area contributed by atoms with Gasteiger partial charge in [0.15, 0.2) is 0 Å². The molecule has 1 aromatic carbocycles. The van der Waals surface area contributed by atoms with Crippen LogP contribution in [0.2, 0.25) is 0 Å². The minimum atomic E-state index is 0.112. The maximum Gasteiger partial charge on any atom is 0.254 e. The van der Waals surface area contributed by atoms with Gasteiger partial charge in [-0.25, -0.2) is 4.98 Å². The van der Waals surface area contributed by atoms with Crippen molar-refractivity contribution in [1.29, 1.82) is 0 Å². The van der Waals surface area contributed by atoms with E-state index >= 15 is 0 Å². The summed E-state index contributed by atoms with van der Waals surface area (Å²) in [5.74, 6) is 1.01. The molecular formula is C19H23N3O. The van der Waals surface area contributed by atoms with Crippen molar-refractivity contribution in [2.75, 3.05) is 18.4 Å². The molecule has 1 fully saturated rings. The smallest absolute Gasteiger partial charge is 0.254 e. The van der Waals surface area contributed by atoms with E-state index in [4.69, 9.17) is 0 Å². The van der Waals surface area contributed by atoms with Crippen molar-refractivity contribution in [3.63, 3.8) is 0 Å². The fraction of sp³-hybridized carbons (Fsp3) is 0.368. The topological polar surface area (TPSA) is 45.2 Å². The zero-order valence-corrected chi connectivity index (χ0v) is 13.5. The second kappa shape index (κ2) is 7.27. The molecule has 0 saturated carbocycles. The van der Waals surface area contributed by atoms with Crippen molar-refractivity contribution in [3.05, 3.63) is 59.8 Å². The molecule has 23 heavy (non-hydrogen) atoms. The second-order valence-electron chi connectivity index (χ2n) is 5.93. The highest BCUT2D eigenvalue weighted by Crippen LogP contribution is 2.33. The Morgan fingerprint density at radius 2 is 2.09 bits per heavy atom. The number of aromatic nitrogens is 1. The molecule has 1 amide bonds. The lowest BCUT2D eigenvalue weighted by Gasteiger charge is -2.25. The molecule has 1 aliphatic rings. The molecule has 0 radical (unpaired) electrons. The number of carbonyl (C=O) groups is 1. The number of benzene rings is 1. The molecule has 1 atom stereocenters. The first-order valence-corrected chi connectivity index (χ1v) is 8.35. The van der Waals surface area contributed by atoms with Gasteiger partial charge in [-0.3, -0.25) is 4.79 Å². The lowest BCUT2D eigenvalue weighted by molar-refractivity contribution is 0.0735. The number of rotatable bonds is 5. The zero-order valence-electron chi connectivity index (χ0n) is 13.5. The summed E-state index contributed by atoms with van der Waals surface area (Å²) in [6, 6.07) is 13.8. The van der Waals surface area contributed by atoms with Gasteiger partial charge in [0.05, 0.1) is 6.04 Å². The third-order valence-corrected chi connectivity index (χ3v) is 4.26. The normalized spacial score (nSPS) is 17.3. The van der Waals surface area contributed by atoms with Crippen molar-refractivity contribution >= 4 is 11.7 Å². The molecule has 0 unspecified atom stereocenters. The average molecular weight is 309 g/mol. The van der Waals surface area contributed by atoms with Crippen LogP contribution in [0.5, 0.6) is 0 Å². The van der Waals surface area contributed by atoms with Crippen LogP contribution in [0.15, 0.2) is 48.7 Å². The second-order valence-corrected chi connectivity index (χ2v) is 5.93. The largest absolute Gasteiger partial charge is 0.370 e. The van der Waals surface area contributed by atoms with Gasteiger partial charge in [0, 0.05) is 24.8 Å². The number of anilines is 1. The number of pyridine rings is 1. The van der Waals surface area contributed by atoms with Gasteiger partial charge < -0.3 is 10.2 Å². The van der Waals surface area contributed by atoms with Gasteiger partial charge in [0.25, 0.3) is 5.91 Å². The summed E-state index contributed by atoms with van der Waals surface area (Å²) in [6.07, 6.45) is 5.02. The van der Waals surface area contributed by atoms with Crippen LogP contribution in [0, 0.1) is 0 Å². The van der Waals surface area contributed by atoms with Crippen LogP contribution < -0.4 is 5.32 Å². The first kappa shape index (κ1) is 15.5. The number of hydrogen-bond acceptors (Lipinski definition) is 3. The number of nitrogens with one attached hydrogen (secondary N) is 1. The van der Waals surface area contributed by atoms with Gasteiger partial charge in [0.2, 0.25) is 0 Å². The van der Waals surface area contributed by atoms with Crippen molar-refractivity contribution in [2.45, 2.75) is 32.2 Å². The van der Waals surface area contributed by atoms with Gasteiger partial charge >= 0.3 is 0 Å². The van der Waals surface area contributed by atoms with Crippen LogP contribution in [-0.2, 0) is 0 Å². The molecule has 1 N–H and O–H groups in total. The zero-order chi connectivity index (χ0) is 16.1. The van der Waals surface area contributed by atoms with Crippen LogP contribution in [0.3, 0.4) is 0 Å². The third kappa shape index (κ3) is 3.52. The molecule has 2 aromatic rings. The quantitative estimate of drug-likeness (QED) is 0.911. The average Bonchev–Trinajstić information content (AvgIpc) is 3.10. The first-order valence-electron chi connectivity index (χ1n) is 8.35. The minimum absolute atomic E-state index is 0.112. The molecule has 120 valence electrons. The van der Waals surface area contributed by atoms with E-state index in [1.165, 1.54) is 0 Å². The Bertz CT molecular complexity index is 639. The molecule has 0 aliphatic carbocycles. The monoisotopic (exact) mass is 309 g/mol. The van der Waals surface area contributed by atoms with Crippen LogP contribution in [0.4, 0.5) is 5.82 Å². The Morgan fingerprint density at radius 1 is 1.26 bits per heavy atom. The number of nitrogens with zero attached hydrogens (tertiary/aromatic N) is 2. The van der Waals surface area contributed by atoms with Crippen LogP contribution in [0.25, 0.3) is 0 Å². The Kier molecular flexibility index (Phi) is 4.91. The molecule has 1 aliphatic heterocycles. The highest BCUT2D eigenvalue weighted by Gasteiger charge is 2.30. The summed E-state index contributed by atoms with van der Waals surface area (Å²) < 4.78 is 0. The van der Waals surface area contributed by atoms with Crippen LogP contribution >= 0.6 is 0 Å². The Labute approximate surface area is 137 Å². The lowest BCUT2D eigenvalue weighted by atomic mass is 10.1. The number of amides is 1. The first-order chi connectivity index (χ1) is 11.3. The van der Waals surface area contributed by atoms with E-state index in [0.29, 0.717) is 0 Å². The van der Waals surface area contributed by atoms with Crippen molar-refractivity contribution in [2.24, 2.45) is 0 Å². The van der Waals surface area contributed by atoms with Crippen molar-refractivity contribution in [3.8, 4) is 0 Å². The summed E-state index contributed by atoms with van der Waals surface area (Å²) in [5.41, 5.74) is 1.88. The fourth-order valence-electron chi connectivity index (χ4n) is 3.06. The van der Waals surface area contributed by atoms with Gasteiger partial charge in [0.1, 0.15) is 5.82 Å². The summed E-state index contributed by atoms with van der Waals surface area (Å²) >= 11 is 0. The Balaban J connectivity index is 1.75.